The first-order valence-electron chi connectivity index (χ1n) is 10.3. The van der Waals surface area contributed by atoms with Crippen LogP contribution in [0.3, 0.4) is 0 Å². The van der Waals surface area contributed by atoms with Gasteiger partial charge in [-0.15, -0.1) is 0 Å². The number of hydrogen-bond donors (Lipinski definition) is 1. The summed E-state index contributed by atoms with van der Waals surface area (Å²) in [6, 6.07) is 0. The van der Waals surface area contributed by atoms with Crippen molar-refractivity contribution in [2.24, 2.45) is 11.3 Å². The molecule has 0 bridgehead atoms. The van der Waals surface area contributed by atoms with E-state index in [0.29, 0.717) is 6.42 Å². The number of aliphatic hydroxyl groups is 1. The van der Waals surface area contributed by atoms with Gasteiger partial charge in [-0.25, -0.2) is 0 Å². The highest BCUT2D eigenvalue weighted by atomic mass is 19.4. The van der Waals surface area contributed by atoms with Gasteiger partial charge in [0.05, 0.1) is 0 Å². The topological polar surface area (TPSA) is 46.5 Å². The van der Waals surface area contributed by atoms with Gasteiger partial charge in [0.1, 0.15) is 0 Å². The van der Waals surface area contributed by atoms with Crippen LogP contribution in [0.4, 0.5) is 65.9 Å². The van der Waals surface area contributed by atoms with Crippen LogP contribution in [-0.2, 0) is 9.53 Å². The monoisotopic (exact) mass is 584 g/mol. The Labute approximate surface area is 200 Å². The van der Waals surface area contributed by atoms with Gasteiger partial charge >= 0.3 is 42.5 Å². The third kappa shape index (κ3) is 7.07. The van der Waals surface area contributed by atoms with Crippen LogP contribution in [-0.4, -0.2) is 53.2 Å². The maximum absolute atomic E-state index is 13.5. The van der Waals surface area contributed by atoms with Crippen molar-refractivity contribution in [3.8, 4) is 0 Å². The van der Waals surface area contributed by atoms with Gasteiger partial charge in [-0.3, -0.25) is 4.79 Å². The van der Waals surface area contributed by atoms with Gasteiger partial charge in [0, 0.05) is 5.92 Å². The lowest BCUT2D eigenvalue weighted by Crippen LogP contribution is -2.66. The number of halogens is 15. The molecular weight excluding hydrogens is 561 g/mol. The quantitative estimate of drug-likeness (QED) is 0.271. The Bertz CT molecular complexity index is 723. The van der Waals surface area contributed by atoms with E-state index in [-0.39, 0.29) is 26.7 Å². The molecule has 1 aliphatic carbocycles. The Morgan fingerprint density at radius 3 is 1.24 bits per heavy atom. The van der Waals surface area contributed by atoms with Gasteiger partial charge in [0.25, 0.3) is 5.60 Å². The molecule has 1 atom stereocenters. The minimum atomic E-state index is -6.11. The van der Waals surface area contributed by atoms with Crippen molar-refractivity contribution in [3.63, 3.8) is 0 Å². The van der Waals surface area contributed by atoms with Crippen LogP contribution in [0, 0.1) is 11.3 Å². The fourth-order valence-corrected chi connectivity index (χ4v) is 3.21. The molecule has 0 aliphatic heterocycles. The van der Waals surface area contributed by atoms with E-state index < -0.39 is 78.6 Å². The van der Waals surface area contributed by atoms with Gasteiger partial charge in [-0.1, -0.05) is 26.2 Å². The third-order valence-electron chi connectivity index (χ3n) is 6.16. The van der Waals surface area contributed by atoms with Gasteiger partial charge in [0.2, 0.25) is 0 Å². The van der Waals surface area contributed by atoms with Crippen LogP contribution in [0.25, 0.3) is 0 Å². The van der Waals surface area contributed by atoms with Crippen molar-refractivity contribution in [1.82, 2.24) is 0 Å². The molecule has 0 radical (unpaired) electrons. The first kappa shape index (κ1) is 35.4. The number of esters is 1. The summed E-state index contributed by atoms with van der Waals surface area (Å²) in [7, 11) is 0. The van der Waals surface area contributed by atoms with E-state index in [9.17, 15) is 70.7 Å². The summed E-state index contributed by atoms with van der Waals surface area (Å²) in [4.78, 5) is 12.0. The van der Waals surface area contributed by atoms with Crippen LogP contribution in [0.5, 0.6) is 0 Å². The fourth-order valence-electron chi connectivity index (χ4n) is 3.21. The second kappa shape index (κ2) is 10.9. The number of rotatable bonds is 4. The molecule has 1 rings (SSSR count). The van der Waals surface area contributed by atoms with Crippen molar-refractivity contribution in [1.29, 1.82) is 0 Å². The lowest BCUT2D eigenvalue weighted by molar-refractivity contribution is -0.392. The summed E-state index contributed by atoms with van der Waals surface area (Å²) in [5.74, 6) is -4.76. The van der Waals surface area contributed by atoms with E-state index in [0.717, 1.165) is 6.92 Å². The van der Waals surface area contributed by atoms with Gasteiger partial charge < -0.3 is 9.84 Å². The highest BCUT2D eigenvalue weighted by Crippen LogP contribution is 2.56. The second-order valence-corrected chi connectivity index (χ2v) is 8.71. The number of ether oxygens (including phenoxy) is 1. The summed E-state index contributed by atoms with van der Waals surface area (Å²) in [5.41, 5.74) is -13.1. The summed E-state index contributed by atoms with van der Waals surface area (Å²) in [5, 5.41) is 7.94. The van der Waals surface area contributed by atoms with E-state index in [2.05, 4.69) is 4.74 Å². The molecule has 0 aromatic carbocycles. The lowest BCUT2D eigenvalue weighted by Gasteiger charge is -2.45. The van der Waals surface area contributed by atoms with Gasteiger partial charge in [-0.05, 0) is 33.1 Å². The average Bonchev–Trinajstić information content (AvgIpc) is 2.67. The van der Waals surface area contributed by atoms with Crippen LogP contribution in [0.2, 0.25) is 0 Å². The number of carbonyl (C=O) groups excluding carboxylic acids is 1. The number of hydrogen-bond acceptors (Lipinski definition) is 3. The van der Waals surface area contributed by atoms with E-state index in [1.54, 1.807) is 0 Å². The normalized spacial score (nSPS) is 19.0. The molecule has 37 heavy (non-hydrogen) atoms. The SMILES string of the molecule is CC(O)(C(F)(F)F)C(F)(F)F.CCC(C)(C(=O)OC(C1CCCCC1)(C(F)(F)F)C(F)(F)F)C(F)(F)F. The molecule has 0 saturated heterocycles. The number of carbonyl (C=O) groups is 1. The van der Waals surface area contributed by atoms with E-state index in [1.807, 2.05) is 0 Å². The number of alkyl halides is 15. The predicted molar refractivity (Wildman–Crippen MR) is 94.7 cm³/mol. The zero-order valence-corrected chi connectivity index (χ0v) is 19.3. The largest absolute Gasteiger partial charge is 0.438 e. The highest BCUT2D eigenvalue weighted by molar-refractivity contribution is 5.78. The van der Waals surface area contributed by atoms with Crippen LogP contribution in [0.15, 0.2) is 0 Å². The van der Waals surface area contributed by atoms with Gasteiger partial charge in [-0.2, -0.15) is 65.9 Å². The van der Waals surface area contributed by atoms with Crippen LogP contribution in [0.1, 0.15) is 59.3 Å². The average molecular weight is 584 g/mol. The lowest BCUT2D eigenvalue weighted by atomic mass is 9.75. The molecule has 1 aliphatic rings. The zero-order valence-electron chi connectivity index (χ0n) is 19.3. The molecule has 0 amide bonds. The maximum atomic E-state index is 13.5. The minimum absolute atomic E-state index is 0.0282. The van der Waals surface area contributed by atoms with E-state index >= 15 is 0 Å². The second-order valence-electron chi connectivity index (χ2n) is 8.71. The highest BCUT2D eigenvalue weighted by Gasteiger charge is 2.78. The smallest absolute Gasteiger partial charge is 0.437 e. The first-order valence-corrected chi connectivity index (χ1v) is 10.3. The van der Waals surface area contributed by atoms with Crippen molar-refractivity contribution in [3.05, 3.63) is 0 Å². The minimum Gasteiger partial charge on any atom is -0.438 e. The Balaban J connectivity index is 0.000000989. The molecule has 1 fully saturated rings. The summed E-state index contributed by atoms with van der Waals surface area (Å²) < 4.78 is 192. The van der Waals surface area contributed by atoms with Crippen molar-refractivity contribution >= 4 is 5.97 Å². The van der Waals surface area contributed by atoms with Crippen LogP contribution >= 0.6 is 0 Å². The first-order chi connectivity index (χ1) is 16.0. The standard InChI is InChI=1S/C15H19F9O2.C4H4F6O/c1-3-11(2,13(16,17)18)10(25)26-12(14(19,20)21,15(22,23)24)9-7-5-4-6-8-9;1-2(11,3(5,6)7)4(8,9)10/h9H,3-8H2,1-2H3;11H,1H3. The Hall–Kier alpha value is -1.62. The Morgan fingerprint density at radius 2 is 1.03 bits per heavy atom. The van der Waals surface area contributed by atoms with Crippen molar-refractivity contribution < 1.29 is 80.5 Å². The molecular formula is C19H23F15O3. The molecule has 0 aromatic heterocycles. The predicted octanol–water partition coefficient (Wildman–Crippen LogP) is 7.81. The summed E-state index contributed by atoms with van der Waals surface area (Å²) >= 11 is 0. The Morgan fingerprint density at radius 1 is 0.676 bits per heavy atom. The molecule has 1 unspecified atom stereocenters. The fraction of sp³-hybridized carbons (Fsp3) is 0.947. The molecule has 0 aromatic rings. The third-order valence-corrected chi connectivity index (χ3v) is 6.16. The molecule has 0 spiro atoms. The van der Waals surface area contributed by atoms with E-state index in [4.69, 9.17) is 5.11 Å². The van der Waals surface area contributed by atoms with Crippen LogP contribution < -0.4 is 0 Å². The van der Waals surface area contributed by atoms with E-state index in [1.165, 1.54) is 0 Å². The molecule has 1 saturated carbocycles. The summed E-state index contributed by atoms with van der Waals surface area (Å²) in [6.07, 6.45) is -30.7. The molecule has 222 valence electrons. The molecule has 18 heteroatoms. The van der Waals surface area contributed by atoms with Crippen molar-refractivity contribution in [2.75, 3.05) is 0 Å². The maximum Gasteiger partial charge on any atom is 0.437 e. The van der Waals surface area contributed by atoms with Crippen molar-refractivity contribution in [2.45, 2.75) is 101 Å². The van der Waals surface area contributed by atoms with Gasteiger partial charge in [0.15, 0.2) is 5.41 Å². The summed E-state index contributed by atoms with van der Waals surface area (Å²) in [6.45, 7) is 0.721. The Kier molecular flexibility index (Phi) is 10.4. The molecule has 0 heterocycles. The molecule has 3 nitrogen and oxygen atoms in total. The molecule has 1 N–H and O–H groups in total. The zero-order chi connectivity index (χ0) is 30.1.